The van der Waals surface area contributed by atoms with E-state index in [1.165, 1.54) is 0 Å². The molecule has 94 valence electrons. The lowest BCUT2D eigenvalue weighted by molar-refractivity contribution is -0.121. The van der Waals surface area contributed by atoms with Crippen molar-refractivity contribution in [3.05, 3.63) is 29.8 Å². The van der Waals surface area contributed by atoms with Crippen LogP contribution >= 0.6 is 0 Å². The molecular formula is C14H21NO2. The Balaban J connectivity index is 2.88. The Morgan fingerprint density at radius 3 is 2.06 bits per heavy atom. The normalized spacial score (nSPS) is 12.9. The molecule has 1 unspecified atom stereocenters. The van der Waals surface area contributed by atoms with E-state index in [1.54, 1.807) is 6.92 Å². The lowest BCUT2D eigenvalue weighted by Crippen LogP contribution is -2.25. The van der Waals surface area contributed by atoms with Crippen molar-refractivity contribution in [2.24, 2.45) is 0 Å². The van der Waals surface area contributed by atoms with Gasteiger partial charge in [0.05, 0.1) is 12.1 Å². The lowest BCUT2D eigenvalue weighted by Gasteiger charge is -2.22. The van der Waals surface area contributed by atoms with Crippen molar-refractivity contribution in [1.29, 1.82) is 0 Å². The highest BCUT2D eigenvalue weighted by Gasteiger charge is 2.18. The minimum absolute atomic E-state index is 0.146. The second-order valence-electron chi connectivity index (χ2n) is 4.71. The predicted octanol–water partition coefficient (Wildman–Crippen LogP) is 2.67. The molecule has 0 spiro atoms. The molecule has 0 saturated heterocycles. The van der Waals surface area contributed by atoms with Crippen LogP contribution in [0.15, 0.2) is 24.3 Å². The number of likely N-dealkylation sites (N-methyl/N-ethyl adjacent to an activating group) is 1. The van der Waals surface area contributed by atoms with Crippen LogP contribution in [-0.2, 0) is 4.79 Å². The third kappa shape index (κ3) is 3.86. The van der Waals surface area contributed by atoms with Crippen molar-refractivity contribution in [2.75, 3.05) is 14.1 Å². The Hall–Kier alpha value is -1.35. The van der Waals surface area contributed by atoms with Gasteiger partial charge in [0, 0.05) is 0 Å². The molecule has 0 aliphatic heterocycles. The van der Waals surface area contributed by atoms with E-state index >= 15 is 0 Å². The molecule has 0 radical (unpaired) electrons. The fraction of sp³-hybridized carbons (Fsp3) is 0.500. The fourth-order valence-corrected chi connectivity index (χ4v) is 1.90. The van der Waals surface area contributed by atoms with E-state index in [0.29, 0.717) is 0 Å². The second kappa shape index (κ2) is 5.82. The van der Waals surface area contributed by atoms with Gasteiger partial charge in [0.2, 0.25) is 0 Å². The quantitative estimate of drug-likeness (QED) is 0.786. The highest BCUT2D eigenvalue weighted by molar-refractivity contribution is 5.82. The van der Waals surface area contributed by atoms with Gasteiger partial charge in [-0.05, 0) is 52.6 Å². The highest BCUT2D eigenvalue weighted by atomic mass is 16.5. The zero-order valence-electron chi connectivity index (χ0n) is 11.2. The van der Waals surface area contributed by atoms with Crippen LogP contribution in [0, 0.1) is 0 Å². The van der Waals surface area contributed by atoms with Crippen molar-refractivity contribution >= 4 is 5.78 Å². The monoisotopic (exact) mass is 235 g/mol. The largest absolute Gasteiger partial charge is 0.491 e. The van der Waals surface area contributed by atoms with Gasteiger partial charge < -0.3 is 4.74 Å². The number of Topliss-reactive ketones (excluding diaryl/α,β-unsaturated/α-hetero) is 1. The maximum absolute atomic E-state index is 11.6. The molecule has 0 heterocycles. The SMILES string of the molecule is CC(=O)C(c1ccc(OC(C)C)cc1)N(C)C. The Bertz CT molecular complexity index is 368. The first-order valence-electron chi connectivity index (χ1n) is 5.85. The summed E-state index contributed by atoms with van der Waals surface area (Å²) in [7, 11) is 3.81. The molecule has 17 heavy (non-hydrogen) atoms. The van der Waals surface area contributed by atoms with Gasteiger partial charge in [0.15, 0.2) is 5.78 Å². The minimum atomic E-state index is -0.178. The second-order valence-corrected chi connectivity index (χ2v) is 4.71. The molecule has 0 aliphatic carbocycles. The number of hydrogen-bond acceptors (Lipinski definition) is 3. The van der Waals surface area contributed by atoms with Crippen LogP contribution in [0.5, 0.6) is 5.75 Å². The Kier molecular flexibility index (Phi) is 4.70. The molecule has 3 nitrogen and oxygen atoms in total. The van der Waals surface area contributed by atoms with E-state index in [2.05, 4.69) is 0 Å². The molecule has 0 aromatic heterocycles. The van der Waals surface area contributed by atoms with Gasteiger partial charge in [0.25, 0.3) is 0 Å². The predicted molar refractivity (Wildman–Crippen MR) is 69.3 cm³/mol. The summed E-state index contributed by atoms with van der Waals surface area (Å²) in [6.07, 6.45) is 0.165. The molecule has 1 aromatic carbocycles. The van der Waals surface area contributed by atoms with Gasteiger partial charge in [-0.2, -0.15) is 0 Å². The van der Waals surface area contributed by atoms with E-state index in [9.17, 15) is 4.79 Å². The molecule has 0 N–H and O–H groups in total. The number of rotatable bonds is 5. The van der Waals surface area contributed by atoms with Crippen LogP contribution in [0.1, 0.15) is 32.4 Å². The Morgan fingerprint density at radius 1 is 1.18 bits per heavy atom. The topological polar surface area (TPSA) is 29.5 Å². The van der Waals surface area contributed by atoms with E-state index < -0.39 is 0 Å². The van der Waals surface area contributed by atoms with Crippen LogP contribution in [0.2, 0.25) is 0 Å². The Morgan fingerprint density at radius 2 is 1.71 bits per heavy atom. The van der Waals surface area contributed by atoms with Crippen LogP contribution in [-0.4, -0.2) is 30.9 Å². The number of ether oxygens (including phenoxy) is 1. The molecule has 0 bridgehead atoms. The lowest BCUT2D eigenvalue weighted by atomic mass is 10.0. The van der Waals surface area contributed by atoms with Crippen LogP contribution in [0.25, 0.3) is 0 Å². The summed E-state index contributed by atoms with van der Waals surface area (Å²) in [4.78, 5) is 13.5. The number of carbonyl (C=O) groups excluding carboxylic acids is 1. The van der Waals surface area contributed by atoms with E-state index in [0.717, 1.165) is 11.3 Å². The first-order valence-corrected chi connectivity index (χ1v) is 5.85. The van der Waals surface area contributed by atoms with Crippen LogP contribution < -0.4 is 4.74 Å². The standard InChI is InChI=1S/C14H21NO2/c1-10(2)17-13-8-6-12(7-9-13)14(11(3)16)15(4)5/h6-10,14H,1-5H3. The van der Waals surface area contributed by atoms with Gasteiger partial charge in [-0.3, -0.25) is 9.69 Å². The third-order valence-electron chi connectivity index (χ3n) is 2.47. The van der Waals surface area contributed by atoms with Gasteiger partial charge in [-0.15, -0.1) is 0 Å². The molecule has 1 aromatic rings. The van der Waals surface area contributed by atoms with E-state index in [-0.39, 0.29) is 17.9 Å². The molecule has 3 heteroatoms. The van der Waals surface area contributed by atoms with Gasteiger partial charge in [-0.1, -0.05) is 12.1 Å². The molecule has 0 aliphatic rings. The summed E-state index contributed by atoms with van der Waals surface area (Å²) in [6, 6.07) is 7.54. The Labute approximate surface area is 103 Å². The van der Waals surface area contributed by atoms with E-state index in [4.69, 9.17) is 4.74 Å². The average molecular weight is 235 g/mol. The summed E-state index contributed by atoms with van der Waals surface area (Å²) < 4.78 is 5.57. The van der Waals surface area contributed by atoms with Crippen molar-refractivity contribution in [1.82, 2.24) is 4.90 Å². The first kappa shape index (κ1) is 13.7. The highest BCUT2D eigenvalue weighted by Crippen LogP contribution is 2.22. The maximum atomic E-state index is 11.6. The molecule has 0 saturated carbocycles. The summed E-state index contributed by atoms with van der Waals surface area (Å²) in [5.41, 5.74) is 0.999. The van der Waals surface area contributed by atoms with Gasteiger partial charge >= 0.3 is 0 Å². The number of hydrogen-bond donors (Lipinski definition) is 0. The smallest absolute Gasteiger partial charge is 0.151 e. The van der Waals surface area contributed by atoms with Gasteiger partial charge in [-0.25, -0.2) is 0 Å². The summed E-state index contributed by atoms with van der Waals surface area (Å²) >= 11 is 0. The van der Waals surface area contributed by atoms with E-state index in [1.807, 2.05) is 57.1 Å². The first-order chi connectivity index (χ1) is 7.91. The minimum Gasteiger partial charge on any atom is -0.491 e. The molecular weight excluding hydrogens is 214 g/mol. The van der Waals surface area contributed by atoms with Crippen molar-refractivity contribution in [3.63, 3.8) is 0 Å². The zero-order valence-corrected chi connectivity index (χ0v) is 11.2. The molecule has 1 rings (SSSR count). The zero-order chi connectivity index (χ0) is 13.0. The van der Waals surface area contributed by atoms with Crippen molar-refractivity contribution < 1.29 is 9.53 Å². The number of carbonyl (C=O) groups is 1. The number of benzene rings is 1. The van der Waals surface area contributed by atoms with Crippen molar-refractivity contribution in [3.8, 4) is 5.75 Å². The summed E-state index contributed by atoms with van der Waals surface area (Å²) in [6.45, 7) is 5.60. The van der Waals surface area contributed by atoms with Crippen molar-refractivity contribution in [2.45, 2.75) is 32.9 Å². The van der Waals surface area contributed by atoms with Crippen LogP contribution in [0.4, 0.5) is 0 Å². The summed E-state index contributed by atoms with van der Waals surface area (Å²) in [5.74, 6) is 0.984. The third-order valence-corrected chi connectivity index (χ3v) is 2.47. The van der Waals surface area contributed by atoms with Crippen LogP contribution in [0.3, 0.4) is 0 Å². The number of nitrogens with zero attached hydrogens (tertiary/aromatic N) is 1. The number of ketones is 1. The molecule has 1 atom stereocenters. The molecule has 0 fully saturated rings. The fourth-order valence-electron chi connectivity index (χ4n) is 1.90. The summed E-state index contributed by atoms with van der Waals surface area (Å²) in [5, 5.41) is 0. The van der Waals surface area contributed by atoms with Gasteiger partial charge in [0.1, 0.15) is 5.75 Å². The average Bonchev–Trinajstić information content (AvgIpc) is 2.18. The maximum Gasteiger partial charge on any atom is 0.151 e. The molecule has 0 amide bonds.